The first-order chi connectivity index (χ1) is 7.79. The van der Waals surface area contributed by atoms with Gasteiger partial charge in [0.05, 0.1) is 7.11 Å². The Hall–Kier alpha value is -1.36. The van der Waals surface area contributed by atoms with Gasteiger partial charge in [0, 0.05) is 25.0 Å². The molecule has 1 aliphatic carbocycles. The van der Waals surface area contributed by atoms with Crippen LogP contribution in [0, 0.1) is 0 Å². The molecule has 1 aliphatic rings. The maximum absolute atomic E-state index is 11.5. The lowest BCUT2D eigenvalue weighted by Gasteiger charge is -2.15. The maximum Gasteiger partial charge on any atom is 0.322 e. The molecule has 0 aliphatic heterocycles. The molecule has 2 rings (SSSR count). The standard InChI is InChI=1S/C11H17N3O2/c1-16-11(15)10(13-9-3-4-9)5-8-14-7-2-6-12-14/h2,6-7,9-10,13H,3-5,8H2,1H3. The summed E-state index contributed by atoms with van der Waals surface area (Å²) in [5.41, 5.74) is 0. The Morgan fingerprint density at radius 2 is 2.50 bits per heavy atom. The van der Waals surface area contributed by atoms with Crippen molar-refractivity contribution in [2.24, 2.45) is 0 Å². The van der Waals surface area contributed by atoms with E-state index in [1.54, 1.807) is 6.20 Å². The van der Waals surface area contributed by atoms with E-state index in [-0.39, 0.29) is 12.0 Å². The zero-order chi connectivity index (χ0) is 11.4. The molecule has 0 spiro atoms. The topological polar surface area (TPSA) is 56.2 Å². The number of aryl methyl sites for hydroxylation is 1. The molecule has 88 valence electrons. The van der Waals surface area contributed by atoms with Crippen LogP contribution in [0.25, 0.3) is 0 Å². The van der Waals surface area contributed by atoms with E-state index in [4.69, 9.17) is 4.74 Å². The van der Waals surface area contributed by atoms with Crippen LogP contribution in [-0.4, -0.2) is 34.9 Å². The molecule has 1 atom stereocenters. The summed E-state index contributed by atoms with van der Waals surface area (Å²) in [7, 11) is 1.43. The first-order valence-corrected chi connectivity index (χ1v) is 5.61. The number of nitrogens with one attached hydrogen (secondary N) is 1. The molecule has 0 radical (unpaired) electrons. The summed E-state index contributed by atoms with van der Waals surface area (Å²) in [6, 6.07) is 2.17. The minimum Gasteiger partial charge on any atom is -0.468 e. The van der Waals surface area contributed by atoms with Crippen LogP contribution in [0.4, 0.5) is 0 Å². The molecule has 1 fully saturated rings. The predicted octanol–water partition coefficient (Wildman–Crippen LogP) is 0.567. The minimum atomic E-state index is -0.207. The normalized spacial score (nSPS) is 17.1. The third kappa shape index (κ3) is 3.06. The van der Waals surface area contributed by atoms with E-state index in [9.17, 15) is 4.79 Å². The first kappa shape index (κ1) is 11.1. The van der Waals surface area contributed by atoms with Crippen LogP contribution >= 0.6 is 0 Å². The van der Waals surface area contributed by atoms with Gasteiger partial charge in [0.2, 0.25) is 0 Å². The van der Waals surface area contributed by atoms with Crippen molar-refractivity contribution in [1.82, 2.24) is 15.1 Å². The van der Waals surface area contributed by atoms with Crippen LogP contribution in [0.5, 0.6) is 0 Å². The molecule has 5 nitrogen and oxygen atoms in total. The van der Waals surface area contributed by atoms with E-state index in [0.717, 1.165) is 19.4 Å². The number of esters is 1. The van der Waals surface area contributed by atoms with Gasteiger partial charge in [0.1, 0.15) is 6.04 Å². The van der Waals surface area contributed by atoms with Crippen LogP contribution in [0.2, 0.25) is 0 Å². The van der Waals surface area contributed by atoms with Crippen molar-refractivity contribution in [2.75, 3.05) is 7.11 Å². The fourth-order valence-corrected chi connectivity index (χ4v) is 1.64. The van der Waals surface area contributed by atoms with Gasteiger partial charge in [-0.3, -0.25) is 9.48 Å². The summed E-state index contributed by atoms with van der Waals surface area (Å²) in [5, 5.41) is 7.39. The highest BCUT2D eigenvalue weighted by Gasteiger charge is 2.28. The summed E-state index contributed by atoms with van der Waals surface area (Å²) < 4.78 is 6.60. The fourth-order valence-electron chi connectivity index (χ4n) is 1.64. The molecule has 16 heavy (non-hydrogen) atoms. The first-order valence-electron chi connectivity index (χ1n) is 5.61. The Morgan fingerprint density at radius 1 is 1.69 bits per heavy atom. The van der Waals surface area contributed by atoms with Crippen LogP contribution in [0.3, 0.4) is 0 Å². The second-order valence-corrected chi connectivity index (χ2v) is 4.07. The van der Waals surface area contributed by atoms with Crippen molar-refractivity contribution in [3.63, 3.8) is 0 Å². The number of carbonyl (C=O) groups is 1. The number of aromatic nitrogens is 2. The van der Waals surface area contributed by atoms with Crippen molar-refractivity contribution in [3.05, 3.63) is 18.5 Å². The molecule has 1 N–H and O–H groups in total. The molecule has 1 aromatic rings. The van der Waals surface area contributed by atoms with E-state index in [1.807, 2.05) is 16.9 Å². The number of rotatable bonds is 6. The summed E-state index contributed by atoms with van der Waals surface area (Å²) in [4.78, 5) is 11.5. The van der Waals surface area contributed by atoms with Crippen molar-refractivity contribution in [2.45, 2.75) is 37.9 Å². The zero-order valence-electron chi connectivity index (χ0n) is 9.43. The lowest BCUT2D eigenvalue weighted by Crippen LogP contribution is -2.39. The summed E-state index contributed by atoms with van der Waals surface area (Å²) in [6.07, 6.45) is 6.67. The molecule has 0 amide bonds. The van der Waals surface area contributed by atoms with Gasteiger partial charge in [-0.25, -0.2) is 0 Å². The Kier molecular flexibility index (Phi) is 3.56. The molecule has 0 saturated heterocycles. The Labute approximate surface area is 94.8 Å². The van der Waals surface area contributed by atoms with Crippen LogP contribution < -0.4 is 5.32 Å². The number of hydrogen-bond donors (Lipinski definition) is 1. The van der Waals surface area contributed by atoms with Crippen molar-refractivity contribution in [3.8, 4) is 0 Å². The van der Waals surface area contributed by atoms with Gasteiger partial charge < -0.3 is 10.1 Å². The highest BCUT2D eigenvalue weighted by molar-refractivity contribution is 5.75. The van der Waals surface area contributed by atoms with Crippen LogP contribution in [0.1, 0.15) is 19.3 Å². The van der Waals surface area contributed by atoms with Crippen LogP contribution in [-0.2, 0) is 16.1 Å². The number of ether oxygens (including phenoxy) is 1. The van der Waals surface area contributed by atoms with Crippen LogP contribution in [0.15, 0.2) is 18.5 Å². The van der Waals surface area contributed by atoms with Gasteiger partial charge in [0.25, 0.3) is 0 Å². The Balaban J connectivity index is 1.83. The largest absolute Gasteiger partial charge is 0.468 e. The van der Waals surface area contributed by atoms with E-state index < -0.39 is 0 Å². The molecular weight excluding hydrogens is 206 g/mol. The highest BCUT2D eigenvalue weighted by atomic mass is 16.5. The monoisotopic (exact) mass is 223 g/mol. The van der Waals surface area contributed by atoms with E-state index in [2.05, 4.69) is 10.4 Å². The van der Waals surface area contributed by atoms with E-state index in [0.29, 0.717) is 12.5 Å². The van der Waals surface area contributed by atoms with Crippen molar-refractivity contribution >= 4 is 5.97 Å². The predicted molar refractivity (Wildman–Crippen MR) is 58.8 cm³/mol. The minimum absolute atomic E-state index is 0.181. The molecule has 0 aromatic carbocycles. The van der Waals surface area contributed by atoms with E-state index in [1.165, 1.54) is 7.11 Å². The highest BCUT2D eigenvalue weighted by Crippen LogP contribution is 2.20. The number of methoxy groups -OCH3 is 1. The Morgan fingerprint density at radius 3 is 3.06 bits per heavy atom. The maximum atomic E-state index is 11.5. The van der Waals surface area contributed by atoms with Gasteiger partial charge in [-0.15, -0.1) is 0 Å². The second-order valence-electron chi connectivity index (χ2n) is 4.07. The number of carbonyl (C=O) groups excluding carboxylic acids is 1. The lowest BCUT2D eigenvalue weighted by molar-refractivity contribution is -0.143. The second kappa shape index (κ2) is 5.12. The molecule has 1 saturated carbocycles. The lowest BCUT2D eigenvalue weighted by atomic mass is 10.2. The third-order valence-electron chi connectivity index (χ3n) is 2.71. The number of nitrogens with zero attached hydrogens (tertiary/aromatic N) is 2. The molecule has 1 unspecified atom stereocenters. The Bertz CT molecular complexity index is 333. The fraction of sp³-hybridized carbons (Fsp3) is 0.636. The van der Waals surface area contributed by atoms with Crippen molar-refractivity contribution < 1.29 is 9.53 Å². The van der Waals surface area contributed by atoms with E-state index >= 15 is 0 Å². The van der Waals surface area contributed by atoms with Gasteiger partial charge in [-0.05, 0) is 25.3 Å². The third-order valence-corrected chi connectivity index (χ3v) is 2.71. The summed E-state index contributed by atoms with van der Waals surface area (Å²) >= 11 is 0. The quantitative estimate of drug-likeness (QED) is 0.716. The molecule has 0 bridgehead atoms. The summed E-state index contributed by atoms with van der Waals surface area (Å²) in [5.74, 6) is -0.181. The van der Waals surface area contributed by atoms with Gasteiger partial charge >= 0.3 is 5.97 Å². The summed E-state index contributed by atoms with van der Waals surface area (Å²) in [6.45, 7) is 0.729. The molecule has 1 heterocycles. The molecular formula is C11H17N3O2. The molecule has 1 aromatic heterocycles. The van der Waals surface area contributed by atoms with Crippen molar-refractivity contribution in [1.29, 1.82) is 0 Å². The SMILES string of the molecule is COC(=O)C(CCn1cccn1)NC1CC1. The zero-order valence-corrected chi connectivity index (χ0v) is 9.43. The smallest absolute Gasteiger partial charge is 0.322 e. The van der Waals surface area contributed by atoms with Gasteiger partial charge in [-0.2, -0.15) is 5.10 Å². The van der Waals surface area contributed by atoms with Gasteiger partial charge in [-0.1, -0.05) is 0 Å². The molecule has 5 heteroatoms. The number of hydrogen-bond acceptors (Lipinski definition) is 4. The van der Waals surface area contributed by atoms with Gasteiger partial charge in [0.15, 0.2) is 0 Å². The average Bonchev–Trinajstić information content (AvgIpc) is 2.97. The average molecular weight is 223 g/mol.